The number of aryl methyl sites for hydroxylation is 2. The molecule has 0 radical (unpaired) electrons. The van der Waals surface area contributed by atoms with Crippen molar-refractivity contribution in [2.75, 3.05) is 4.72 Å². The molecule has 0 amide bonds. The van der Waals surface area contributed by atoms with Gasteiger partial charge in [-0.3, -0.25) is 14.8 Å². The summed E-state index contributed by atoms with van der Waals surface area (Å²) in [5, 5.41) is 11.2. The molecule has 8 nitrogen and oxygen atoms in total. The van der Waals surface area contributed by atoms with Gasteiger partial charge in [0.2, 0.25) is 0 Å². The van der Waals surface area contributed by atoms with E-state index in [9.17, 15) is 18.5 Å². The molecule has 170 valence electrons. The van der Waals surface area contributed by atoms with Crippen LogP contribution in [0.4, 0.5) is 11.4 Å². The molecule has 0 aliphatic heterocycles. The fourth-order valence-electron chi connectivity index (χ4n) is 3.67. The predicted molar refractivity (Wildman–Crippen MR) is 129 cm³/mol. The van der Waals surface area contributed by atoms with Gasteiger partial charge in [0.15, 0.2) is 0 Å². The van der Waals surface area contributed by atoms with Crippen molar-refractivity contribution in [2.24, 2.45) is 0 Å². The molecule has 0 saturated carbocycles. The third-order valence-electron chi connectivity index (χ3n) is 5.42. The summed E-state index contributed by atoms with van der Waals surface area (Å²) in [6.45, 7) is 4.62. The number of nitrogens with one attached hydrogen (secondary N) is 1. The van der Waals surface area contributed by atoms with Crippen LogP contribution in [0.25, 0.3) is 22.4 Å². The van der Waals surface area contributed by atoms with Gasteiger partial charge in [0.25, 0.3) is 15.7 Å². The van der Waals surface area contributed by atoms with Crippen LogP contribution in [-0.4, -0.2) is 22.9 Å². The number of sulfonamides is 1. The first-order valence-electron chi connectivity index (χ1n) is 10.6. The van der Waals surface area contributed by atoms with Gasteiger partial charge in [0, 0.05) is 24.2 Å². The summed E-state index contributed by atoms with van der Waals surface area (Å²) < 4.78 is 30.7. The number of imidazole rings is 1. The standard InChI is InChI=1S/C24H24N4O4S/c1-3-4-15-27-23-14-11-18(28(29)30)16-22(23)25-24(27)20-7-5-6-8-21(20)26-33(31,32)19-12-9-17(2)10-13-19/h5-14,16,26H,3-4,15H2,1-2H3. The van der Waals surface area contributed by atoms with Crippen molar-refractivity contribution < 1.29 is 13.3 Å². The van der Waals surface area contributed by atoms with Gasteiger partial charge in [-0.05, 0) is 43.7 Å². The molecule has 0 bridgehead atoms. The molecule has 0 saturated heterocycles. The van der Waals surface area contributed by atoms with E-state index in [0.717, 1.165) is 23.9 Å². The molecule has 0 spiro atoms. The fraction of sp³-hybridized carbons (Fsp3) is 0.208. The van der Waals surface area contributed by atoms with Crippen molar-refractivity contribution >= 4 is 32.4 Å². The van der Waals surface area contributed by atoms with E-state index in [1.807, 2.05) is 17.6 Å². The topological polar surface area (TPSA) is 107 Å². The Morgan fingerprint density at radius 2 is 1.79 bits per heavy atom. The third kappa shape index (κ3) is 4.58. The van der Waals surface area contributed by atoms with Crippen LogP contribution in [0.3, 0.4) is 0 Å². The van der Waals surface area contributed by atoms with E-state index in [4.69, 9.17) is 0 Å². The van der Waals surface area contributed by atoms with Crippen molar-refractivity contribution in [1.82, 2.24) is 9.55 Å². The highest BCUT2D eigenvalue weighted by Gasteiger charge is 2.21. The van der Waals surface area contributed by atoms with Crippen LogP contribution < -0.4 is 4.72 Å². The number of non-ortho nitro benzene ring substituents is 1. The van der Waals surface area contributed by atoms with Gasteiger partial charge in [0.05, 0.1) is 26.5 Å². The Morgan fingerprint density at radius 3 is 2.48 bits per heavy atom. The van der Waals surface area contributed by atoms with E-state index >= 15 is 0 Å². The number of nitro benzene ring substituents is 1. The normalized spacial score (nSPS) is 11.6. The maximum absolute atomic E-state index is 13.0. The van der Waals surface area contributed by atoms with E-state index in [1.54, 1.807) is 48.5 Å². The summed E-state index contributed by atoms with van der Waals surface area (Å²) >= 11 is 0. The van der Waals surface area contributed by atoms with Gasteiger partial charge in [-0.15, -0.1) is 0 Å². The molecule has 33 heavy (non-hydrogen) atoms. The largest absolute Gasteiger partial charge is 0.324 e. The number of fused-ring (bicyclic) bond motifs is 1. The van der Waals surface area contributed by atoms with Crippen LogP contribution in [0.1, 0.15) is 25.3 Å². The molecule has 0 aliphatic rings. The summed E-state index contributed by atoms with van der Waals surface area (Å²) in [6, 6.07) is 18.3. The average molecular weight is 465 g/mol. The first kappa shape index (κ1) is 22.5. The lowest BCUT2D eigenvalue weighted by molar-refractivity contribution is -0.384. The van der Waals surface area contributed by atoms with Gasteiger partial charge in [-0.1, -0.05) is 43.2 Å². The molecular formula is C24H24N4O4S. The minimum absolute atomic E-state index is 0.0393. The lowest BCUT2D eigenvalue weighted by Gasteiger charge is -2.14. The number of para-hydroxylation sites is 1. The molecule has 4 rings (SSSR count). The lowest BCUT2D eigenvalue weighted by Crippen LogP contribution is -2.14. The SMILES string of the molecule is CCCCn1c(-c2ccccc2NS(=O)(=O)c2ccc(C)cc2)nc2cc([N+](=O)[O-])ccc21. The summed E-state index contributed by atoms with van der Waals surface area (Å²) in [7, 11) is -3.81. The number of rotatable bonds is 8. The van der Waals surface area contributed by atoms with Gasteiger partial charge < -0.3 is 4.57 Å². The number of benzene rings is 3. The van der Waals surface area contributed by atoms with E-state index in [2.05, 4.69) is 16.6 Å². The molecule has 1 N–H and O–H groups in total. The Kier molecular flexibility index (Phi) is 6.15. The first-order chi connectivity index (χ1) is 15.8. The van der Waals surface area contributed by atoms with E-state index in [-0.39, 0.29) is 10.6 Å². The number of unbranched alkanes of at least 4 members (excludes halogenated alkanes) is 1. The van der Waals surface area contributed by atoms with Crippen molar-refractivity contribution in [3.63, 3.8) is 0 Å². The van der Waals surface area contributed by atoms with E-state index < -0.39 is 14.9 Å². The zero-order valence-corrected chi connectivity index (χ0v) is 19.2. The highest BCUT2D eigenvalue weighted by molar-refractivity contribution is 7.92. The highest BCUT2D eigenvalue weighted by atomic mass is 32.2. The highest BCUT2D eigenvalue weighted by Crippen LogP contribution is 2.33. The van der Waals surface area contributed by atoms with Crippen molar-refractivity contribution in [1.29, 1.82) is 0 Å². The summed E-state index contributed by atoms with van der Waals surface area (Å²) in [5.41, 5.74) is 3.17. The van der Waals surface area contributed by atoms with Crippen molar-refractivity contribution in [3.05, 3.63) is 82.4 Å². The fourth-order valence-corrected chi connectivity index (χ4v) is 4.75. The summed E-state index contributed by atoms with van der Waals surface area (Å²) in [5.74, 6) is 0.557. The van der Waals surface area contributed by atoms with Gasteiger partial charge in [0.1, 0.15) is 5.82 Å². The number of hydrogen-bond donors (Lipinski definition) is 1. The molecule has 1 aromatic heterocycles. The Labute approximate surface area is 192 Å². The average Bonchev–Trinajstić information content (AvgIpc) is 3.15. The molecular weight excluding hydrogens is 440 g/mol. The Balaban J connectivity index is 1.83. The minimum Gasteiger partial charge on any atom is -0.324 e. The Bertz CT molecular complexity index is 1430. The van der Waals surface area contributed by atoms with Crippen LogP contribution >= 0.6 is 0 Å². The molecule has 9 heteroatoms. The predicted octanol–water partition coefficient (Wildman–Crippen LogP) is 5.52. The summed E-state index contributed by atoms with van der Waals surface area (Å²) in [4.78, 5) is 15.6. The lowest BCUT2D eigenvalue weighted by atomic mass is 10.1. The number of aromatic nitrogens is 2. The quantitative estimate of drug-likeness (QED) is 0.273. The Hall–Kier alpha value is -3.72. The maximum Gasteiger partial charge on any atom is 0.271 e. The minimum atomic E-state index is -3.81. The molecule has 0 fully saturated rings. The van der Waals surface area contributed by atoms with Gasteiger partial charge >= 0.3 is 0 Å². The monoisotopic (exact) mass is 464 g/mol. The second-order valence-electron chi connectivity index (χ2n) is 7.83. The second kappa shape index (κ2) is 9.03. The molecule has 1 heterocycles. The molecule has 0 unspecified atom stereocenters. The third-order valence-corrected chi connectivity index (χ3v) is 6.80. The van der Waals surface area contributed by atoms with Crippen LogP contribution in [0.5, 0.6) is 0 Å². The Morgan fingerprint density at radius 1 is 1.06 bits per heavy atom. The van der Waals surface area contributed by atoms with Crippen LogP contribution in [-0.2, 0) is 16.6 Å². The molecule has 4 aromatic rings. The number of nitrogens with zero attached hydrogens (tertiary/aromatic N) is 3. The van der Waals surface area contributed by atoms with Crippen LogP contribution in [0, 0.1) is 17.0 Å². The zero-order valence-electron chi connectivity index (χ0n) is 18.4. The van der Waals surface area contributed by atoms with Crippen LogP contribution in [0.15, 0.2) is 71.6 Å². The number of hydrogen-bond acceptors (Lipinski definition) is 5. The van der Waals surface area contributed by atoms with Gasteiger partial charge in [-0.2, -0.15) is 0 Å². The second-order valence-corrected chi connectivity index (χ2v) is 9.52. The molecule has 3 aromatic carbocycles. The smallest absolute Gasteiger partial charge is 0.271 e. The summed E-state index contributed by atoms with van der Waals surface area (Å²) in [6.07, 6.45) is 1.83. The number of anilines is 1. The van der Waals surface area contributed by atoms with Crippen molar-refractivity contribution in [2.45, 2.75) is 38.1 Å². The molecule has 0 aliphatic carbocycles. The van der Waals surface area contributed by atoms with E-state index in [0.29, 0.717) is 29.1 Å². The van der Waals surface area contributed by atoms with Gasteiger partial charge in [-0.25, -0.2) is 13.4 Å². The zero-order chi connectivity index (χ0) is 23.6. The van der Waals surface area contributed by atoms with E-state index in [1.165, 1.54) is 12.1 Å². The number of nitro groups is 1. The van der Waals surface area contributed by atoms with Crippen LogP contribution in [0.2, 0.25) is 0 Å². The first-order valence-corrected chi connectivity index (χ1v) is 12.1. The molecule has 0 atom stereocenters. The van der Waals surface area contributed by atoms with Crippen molar-refractivity contribution in [3.8, 4) is 11.4 Å². The maximum atomic E-state index is 13.0.